The molecule has 3 aromatic rings. The lowest BCUT2D eigenvalue weighted by Crippen LogP contribution is -1.98. The molecule has 3 N–H and O–H groups in total. The molecule has 0 saturated carbocycles. The van der Waals surface area contributed by atoms with Gasteiger partial charge in [0.25, 0.3) is 0 Å². The van der Waals surface area contributed by atoms with Crippen LogP contribution in [0.1, 0.15) is 5.56 Å². The van der Waals surface area contributed by atoms with Gasteiger partial charge in [0.15, 0.2) is 0 Å². The zero-order valence-electron chi connectivity index (χ0n) is 10.6. The van der Waals surface area contributed by atoms with Gasteiger partial charge in [-0.1, -0.05) is 18.2 Å². The van der Waals surface area contributed by atoms with Crippen LogP contribution in [0.2, 0.25) is 0 Å². The maximum atomic E-state index is 5.77. The molecular weight excluding hydrogens is 236 g/mol. The molecule has 0 radical (unpaired) electrons. The number of nitrogens with zero attached hydrogens (tertiary/aromatic N) is 2. The lowest BCUT2D eigenvalue weighted by Gasteiger charge is -2.09. The van der Waals surface area contributed by atoms with Gasteiger partial charge in [0.1, 0.15) is 5.82 Å². The van der Waals surface area contributed by atoms with Crippen molar-refractivity contribution in [3.8, 4) is 0 Å². The number of anilines is 3. The van der Waals surface area contributed by atoms with Gasteiger partial charge < -0.3 is 11.1 Å². The number of rotatable bonds is 2. The lowest BCUT2D eigenvalue weighted by molar-refractivity contribution is 1.28. The molecular formula is C15H14N4. The van der Waals surface area contributed by atoms with E-state index in [-0.39, 0.29) is 0 Å². The number of aromatic nitrogens is 2. The third-order valence-electron chi connectivity index (χ3n) is 3.05. The second-order valence-electron chi connectivity index (χ2n) is 4.43. The monoisotopic (exact) mass is 250 g/mol. The Hall–Kier alpha value is -2.62. The molecule has 0 saturated heterocycles. The number of aryl methyl sites for hydroxylation is 1. The highest BCUT2D eigenvalue weighted by Crippen LogP contribution is 2.24. The predicted octanol–water partition coefficient (Wildman–Crippen LogP) is 3.26. The van der Waals surface area contributed by atoms with Gasteiger partial charge in [-0.3, -0.25) is 4.98 Å². The fourth-order valence-electron chi connectivity index (χ4n) is 1.98. The number of hydrogen-bond donors (Lipinski definition) is 2. The Bertz CT molecular complexity index is 732. The summed E-state index contributed by atoms with van der Waals surface area (Å²) >= 11 is 0. The molecule has 19 heavy (non-hydrogen) atoms. The van der Waals surface area contributed by atoms with Crippen LogP contribution in [0.3, 0.4) is 0 Å². The minimum Gasteiger partial charge on any atom is -0.397 e. The predicted molar refractivity (Wildman–Crippen MR) is 78.4 cm³/mol. The van der Waals surface area contributed by atoms with Gasteiger partial charge in [-0.05, 0) is 30.7 Å². The average Bonchev–Trinajstić information content (AvgIpc) is 2.43. The molecule has 0 atom stereocenters. The summed E-state index contributed by atoms with van der Waals surface area (Å²) in [6, 6.07) is 11.9. The van der Waals surface area contributed by atoms with E-state index in [4.69, 9.17) is 5.73 Å². The van der Waals surface area contributed by atoms with Crippen LogP contribution in [0.15, 0.2) is 48.8 Å². The fraction of sp³-hybridized carbons (Fsp3) is 0.0667. The van der Waals surface area contributed by atoms with Crippen molar-refractivity contribution in [1.29, 1.82) is 0 Å². The van der Waals surface area contributed by atoms with Gasteiger partial charge >= 0.3 is 0 Å². The van der Waals surface area contributed by atoms with E-state index in [0.29, 0.717) is 5.69 Å². The Labute approximate surface area is 111 Å². The van der Waals surface area contributed by atoms with Crippen molar-refractivity contribution in [2.45, 2.75) is 6.92 Å². The van der Waals surface area contributed by atoms with E-state index in [0.717, 1.165) is 28.0 Å². The first-order valence-corrected chi connectivity index (χ1v) is 6.07. The average molecular weight is 250 g/mol. The van der Waals surface area contributed by atoms with Crippen LogP contribution in [0.25, 0.3) is 10.9 Å². The van der Waals surface area contributed by atoms with Gasteiger partial charge in [-0.2, -0.15) is 0 Å². The van der Waals surface area contributed by atoms with E-state index < -0.39 is 0 Å². The summed E-state index contributed by atoms with van der Waals surface area (Å²) in [4.78, 5) is 8.68. The van der Waals surface area contributed by atoms with E-state index in [1.54, 1.807) is 12.4 Å². The maximum absolute atomic E-state index is 5.77. The Morgan fingerprint density at radius 3 is 2.79 bits per heavy atom. The van der Waals surface area contributed by atoms with Gasteiger partial charge in [0, 0.05) is 11.6 Å². The number of pyridine rings is 2. The largest absolute Gasteiger partial charge is 0.397 e. The summed E-state index contributed by atoms with van der Waals surface area (Å²) < 4.78 is 0. The molecule has 4 nitrogen and oxygen atoms in total. The van der Waals surface area contributed by atoms with Gasteiger partial charge in [-0.25, -0.2) is 4.98 Å². The second kappa shape index (κ2) is 4.57. The highest BCUT2D eigenvalue weighted by Gasteiger charge is 2.03. The molecule has 1 aromatic carbocycles. The van der Waals surface area contributed by atoms with Crippen LogP contribution in [-0.2, 0) is 0 Å². The van der Waals surface area contributed by atoms with Gasteiger partial charge in [-0.15, -0.1) is 0 Å². The smallest absolute Gasteiger partial charge is 0.130 e. The van der Waals surface area contributed by atoms with Gasteiger partial charge in [0.05, 0.1) is 23.1 Å². The molecule has 3 rings (SSSR count). The molecule has 2 heterocycles. The van der Waals surface area contributed by atoms with Crippen LogP contribution >= 0.6 is 0 Å². The van der Waals surface area contributed by atoms with Crippen LogP contribution < -0.4 is 11.1 Å². The summed E-state index contributed by atoms with van der Waals surface area (Å²) in [6.07, 6.45) is 3.45. The number of nitrogens with one attached hydrogen (secondary N) is 1. The molecule has 0 aliphatic rings. The van der Waals surface area contributed by atoms with E-state index >= 15 is 0 Å². The SMILES string of the molecule is Cc1cc(Nc2cccc3cccnc23)ncc1N. The number of benzene rings is 1. The van der Waals surface area contributed by atoms with Gasteiger partial charge in [0.2, 0.25) is 0 Å². The highest BCUT2D eigenvalue weighted by molar-refractivity contribution is 5.91. The molecule has 0 aliphatic heterocycles. The van der Waals surface area contributed by atoms with E-state index in [2.05, 4.69) is 15.3 Å². The number of para-hydroxylation sites is 1. The molecule has 0 unspecified atom stereocenters. The molecule has 94 valence electrons. The van der Waals surface area contributed by atoms with E-state index in [1.807, 2.05) is 43.3 Å². The maximum Gasteiger partial charge on any atom is 0.130 e. The first kappa shape index (κ1) is 11.5. The highest BCUT2D eigenvalue weighted by atomic mass is 15.0. The minimum absolute atomic E-state index is 0.696. The van der Waals surface area contributed by atoms with Crippen molar-refractivity contribution >= 4 is 28.1 Å². The number of nitrogens with two attached hydrogens (primary N) is 1. The van der Waals surface area contributed by atoms with Crippen molar-refractivity contribution in [3.63, 3.8) is 0 Å². The van der Waals surface area contributed by atoms with Crippen LogP contribution in [0, 0.1) is 6.92 Å². The van der Waals surface area contributed by atoms with Crippen molar-refractivity contribution < 1.29 is 0 Å². The Morgan fingerprint density at radius 1 is 1.11 bits per heavy atom. The van der Waals surface area contributed by atoms with Crippen LogP contribution in [-0.4, -0.2) is 9.97 Å². The fourth-order valence-corrected chi connectivity index (χ4v) is 1.98. The van der Waals surface area contributed by atoms with Crippen molar-refractivity contribution in [1.82, 2.24) is 9.97 Å². The summed E-state index contributed by atoms with van der Waals surface area (Å²) in [7, 11) is 0. The Morgan fingerprint density at radius 2 is 1.95 bits per heavy atom. The van der Waals surface area contributed by atoms with Crippen LogP contribution in [0.4, 0.5) is 17.2 Å². The van der Waals surface area contributed by atoms with Crippen molar-refractivity contribution in [2.75, 3.05) is 11.1 Å². The van der Waals surface area contributed by atoms with E-state index in [1.165, 1.54) is 0 Å². The second-order valence-corrected chi connectivity index (χ2v) is 4.43. The molecule has 0 fully saturated rings. The molecule has 0 amide bonds. The first-order valence-electron chi connectivity index (χ1n) is 6.07. The zero-order valence-corrected chi connectivity index (χ0v) is 10.6. The third-order valence-corrected chi connectivity index (χ3v) is 3.05. The van der Waals surface area contributed by atoms with Crippen molar-refractivity contribution in [2.24, 2.45) is 0 Å². The standard InChI is InChI=1S/C15H14N4/c1-10-8-14(18-9-12(10)16)19-13-6-2-4-11-5-3-7-17-15(11)13/h2-9H,16H2,1H3,(H,18,19). The lowest BCUT2D eigenvalue weighted by atomic mass is 10.2. The number of nitrogen functional groups attached to an aromatic ring is 1. The molecule has 0 spiro atoms. The molecule has 0 aliphatic carbocycles. The number of fused-ring (bicyclic) bond motifs is 1. The molecule has 4 heteroatoms. The first-order chi connectivity index (χ1) is 9.24. The Kier molecular flexibility index (Phi) is 2.76. The normalized spacial score (nSPS) is 10.6. The summed E-state index contributed by atoms with van der Waals surface area (Å²) in [6.45, 7) is 1.96. The van der Waals surface area contributed by atoms with Crippen LogP contribution in [0.5, 0.6) is 0 Å². The molecule has 0 bridgehead atoms. The summed E-state index contributed by atoms with van der Waals surface area (Å²) in [5.41, 5.74) is 9.34. The summed E-state index contributed by atoms with van der Waals surface area (Å²) in [5.74, 6) is 0.768. The topological polar surface area (TPSA) is 63.8 Å². The number of hydrogen-bond acceptors (Lipinski definition) is 4. The minimum atomic E-state index is 0.696. The Balaban J connectivity index is 2.03. The zero-order chi connectivity index (χ0) is 13.2. The quantitative estimate of drug-likeness (QED) is 0.732. The van der Waals surface area contributed by atoms with E-state index in [9.17, 15) is 0 Å². The summed E-state index contributed by atoms with van der Waals surface area (Å²) in [5, 5.41) is 4.38. The third kappa shape index (κ3) is 2.20. The van der Waals surface area contributed by atoms with Crippen molar-refractivity contribution in [3.05, 3.63) is 54.4 Å². The molecule has 2 aromatic heterocycles.